The quantitative estimate of drug-likeness (QED) is 0.821. The number of benzene rings is 1. The topological polar surface area (TPSA) is 58.2 Å². The summed E-state index contributed by atoms with van der Waals surface area (Å²) < 4.78 is 0.848. The smallest absolute Gasteiger partial charge is 0.239 e. The van der Waals surface area contributed by atoms with Gasteiger partial charge in [0, 0.05) is 21.8 Å². The molecule has 1 amide bonds. The maximum Gasteiger partial charge on any atom is 0.239 e. The minimum atomic E-state index is -0.0325. The molecular weight excluding hydrogens is 296 g/mol. The average molecular weight is 311 g/mol. The Hall–Kier alpha value is -1.36. The van der Waals surface area contributed by atoms with Gasteiger partial charge in [-0.3, -0.25) is 9.59 Å². The molecule has 0 saturated heterocycles. The van der Waals surface area contributed by atoms with Crippen LogP contribution in [0.3, 0.4) is 0 Å². The molecule has 1 aromatic rings. The van der Waals surface area contributed by atoms with E-state index in [0.29, 0.717) is 17.3 Å². The van der Waals surface area contributed by atoms with Gasteiger partial charge in [-0.25, -0.2) is 0 Å². The van der Waals surface area contributed by atoms with Crippen LogP contribution in [0.4, 0.5) is 5.69 Å². The number of hydrogen-bond donors (Lipinski definition) is 2. The highest BCUT2D eigenvalue weighted by molar-refractivity contribution is 9.10. The van der Waals surface area contributed by atoms with E-state index < -0.39 is 0 Å². The molecule has 4 nitrogen and oxygen atoms in total. The van der Waals surface area contributed by atoms with Gasteiger partial charge < -0.3 is 10.6 Å². The van der Waals surface area contributed by atoms with Crippen molar-refractivity contribution in [2.45, 2.75) is 25.8 Å². The number of anilines is 1. The monoisotopic (exact) mass is 310 g/mol. The Labute approximate surface area is 114 Å². The Morgan fingerprint density at radius 3 is 2.72 bits per heavy atom. The van der Waals surface area contributed by atoms with Crippen molar-refractivity contribution in [2.24, 2.45) is 0 Å². The molecule has 1 aliphatic rings. The molecule has 1 saturated carbocycles. The van der Waals surface area contributed by atoms with Crippen LogP contribution in [0.2, 0.25) is 0 Å². The van der Waals surface area contributed by atoms with Crippen molar-refractivity contribution in [3.63, 3.8) is 0 Å². The lowest BCUT2D eigenvalue weighted by atomic mass is 10.1. The molecule has 1 fully saturated rings. The summed E-state index contributed by atoms with van der Waals surface area (Å²) in [7, 11) is 0. The molecule has 0 heterocycles. The second-order valence-corrected chi connectivity index (χ2v) is 5.36. The maximum absolute atomic E-state index is 11.5. The van der Waals surface area contributed by atoms with Gasteiger partial charge >= 0.3 is 0 Å². The lowest BCUT2D eigenvalue weighted by Gasteiger charge is -2.10. The molecule has 0 aromatic heterocycles. The van der Waals surface area contributed by atoms with Crippen LogP contribution in [0.5, 0.6) is 0 Å². The van der Waals surface area contributed by atoms with E-state index >= 15 is 0 Å². The molecule has 1 aliphatic carbocycles. The summed E-state index contributed by atoms with van der Waals surface area (Å²) in [6, 6.07) is 5.75. The molecule has 0 atom stereocenters. The van der Waals surface area contributed by atoms with Gasteiger partial charge in [0.1, 0.15) is 0 Å². The molecule has 18 heavy (non-hydrogen) atoms. The lowest BCUT2D eigenvalue weighted by Crippen LogP contribution is -2.31. The summed E-state index contributed by atoms with van der Waals surface area (Å²) in [5.74, 6) is -0.0590. The third kappa shape index (κ3) is 3.57. The number of hydrogen-bond acceptors (Lipinski definition) is 3. The fourth-order valence-electron chi connectivity index (χ4n) is 1.64. The number of ketones is 1. The third-order valence-corrected chi connectivity index (χ3v) is 3.24. The van der Waals surface area contributed by atoms with Gasteiger partial charge in [0.25, 0.3) is 0 Å². The van der Waals surface area contributed by atoms with Crippen LogP contribution in [0.25, 0.3) is 0 Å². The van der Waals surface area contributed by atoms with E-state index in [1.54, 1.807) is 12.1 Å². The molecule has 0 bridgehead atoms. The number of halogens is 1. The minimum Gasteiger partial charge on any atom is -0.376 e. The normalized spacial score (nSPS) is 14.1. The van der Waals surface area contributed by atoms with Crippen molar-refractivity contribution < 1.29 is 9.59 Å². The molecule has 96 valence electrons. The molecular formula is C13H15BrN2O2. The predicted molar refractivity (Wildman–Crippen MR) is 73.8 cm³/mol. The van der Waals surface area contributed by atoms with Crippen molar-refractivity contribution >= 4 is 33.3 Å². The first-order valence-corrected chi connectivity index (χ1v) is 6.69. The van der Waals surface area contributed by atoms with Crippen LogP contribution < -0.4 is 10.6 Å². The highest BCUT2D eigenvalue weighted by Gasteiger charge is 2.23. The van der Waals surface area contributed by atoms with Crippen molar-refractivity contribution in [2.75, 3.05) is 11.9 Å². The molecule has 2 rings (SSSR count). The SMILES string of the molecule is CC(=O)c1cc(Br)ccc1NCC(=O)NC1CC1. The van der Waals surface area contributed by atoms with Crippen LogP contribution in [0.1, 0.15) is 30.1 Å². The standard InChI is InChI=1S/C13H15BrN2O2/c1-8(17)11-6-9(14)2-5-12(11)15-7-13(18)16-10-3-4-10/h2,5-6,10,15H,3-4,7H2,1H3,(H,16,18). The van der Waals surface area contributed by atoms with Gasteiger partial charge in [-0.15, -0.1) is 0 Å². The van der Waals surface area contributed by atoms with E-state index in [0.717, 1.165) is 17.3 Å². The van der Waals surface area contributed by atoms with E-state index in [1.165, 1.54) is 6.92 Å². The van der Waals surface area contributed by atoms with Crippen molar-refractivity contribution in [1.82, 2.24) is 5.32 Å². The molecule has 1 aromatic carbocycles. The minimum absolute atomic E-state index is 0.0265. The first-order chi connectivity index (χ1) is 8.56. The maximum atomic E-state index is 11.5. The van der Waals surface area contributed by atoms with Crippen LogP contribution in [-0.2, 0) is 4.79 Å². The molecule has 2 N–H and O–H groups in total. The first kappa shape index (κ1) is 13.1. The van der Waals surface area contributed by atoms with E-state index in [2.05, 4.69) is 26.6 Å². The Morgan fingerprint density at radius 2 is 2.11 bits per heavy atom. The van der Waals surface area contributed by atoms with Gasteiger partial charge in [-0.2, -0.15) is 0 Å². The molecule has 0 radical (unpaired) electrons. The molecule has 0 spiro atoms. The number of carbonyl (C=O) groups is 2. The third-order valence-electron chi connectivity index (χ3n) is 2.74. The number of nitrogens with one attached hydrogen (secondary N) is 2. The van der Waals surface area contributed by atoms with Gasteiger partial charge in [0.05, 0.1) is 6.54 Å². The zero-order valence-corrected chi connectivity index (χ0v) is 11.7. The van der Waals surface area contributed by atoms with E-state index in [-0.39, 0.29) is 18.2 Å². The lowest BCUT2D eigenvalue weighted by molar-refractivity contribution is -0.119. The summed E-state index contributed by atoms with van der Waals surface area (Å²) in [6.45, 7) is 1.70. The van der Waals surface area contributed by atoms with Gasteiger partial charge in [0.2, 0.25) is 5.91 Å². The highest BCUT2D eigenvalue weighted by Crippen LogP contribution is 2.22. The molecule has 5 heteroatoms. The summed E-state index contributed by atoms with van der Waals surface area (Å²) >= 11 is 3.33. The zero-order chi connectivity index (χ0) is 13.1. The van der Waals surface area contributed by atoms with Crippen molar-refractivity contribution in [3.05, 3.63) is 28.2 Å². The summed E-state index contributed by atoms with van der Waals surface area (Å²) in [5, 5.41) is 5.89. The Balaban J connectivity index is 1.99. The number of Topliss-reactive ketones (excluding diaryl/α,β-unsaturated/α-hetero) is 1. The van der Waals surface area contributed by atoms with Crippen molar-refractivity contribution in [3.8, 4) is 0 Å². The van der Waals surface area contributed by atoms with Crippen LogP contribution in [0, 0.1) is 0 Å². The first-order valence-electron chi connectivity index (χ1n) is 5.90. The van der Waals surface area contributed by atoms with Crippen LogP contribution in [-0.4, -0.2) is 24.3 Å². The molecule has 0 aliphatic heterocycles. The number of amides is 1. The number of carbonyl (C=O) groups excluding carboxylic acids is 2. The number of rotatable bonds is 5. The summed E-state index contributed by atoms with van der Waals surface area (Å²) in [5.41, 5.74) is 1.28. The Morgan fingerprint density at radius 1 is 1.39 bits per heavy atom. The highest BCUT2D eigenvalue weighted by atomic mass is 79.9. The summed E-state index contributed by atoms with van der Waals surface area (Å²) in [4.78, 5) is 23.0. The Kier molecular flexibility index (Phi) is 4.01. The van der Waals surface area contributed by atoms with Gasteiger partial charge in [-0.1, -0.05) is 15.9 Å². The second-order valence-electron chi connectivity index (χ2n) is 4.44. The second kappa shape index (κ2) is 5.52. The van der Waals surface area contributed by atoms with Gasteiger partial charge in [0.15, 0.2) is 5.78 Å². The van der Waals surface area contributed by atoms with Crippen LogP contribution in [0.15, 0.2) is 22.7 Å². The predicted octanol–water partition coefficient (Wildman–Crippen LogP) is 2.34. The zero-order valence-electron chi connectivity index (χ0n) is 10.1. The fraction of sp³-hybridized carbons (Fsp3) is 0.385. The van der Waals surface area contributed by atoms with Gasteiger partial charge in [-0.05, 0) is 38.0 Å². The fourth-order valence-corrected chi connectivity index (χ4v) is 2.00. The molecule has 0 unspecified atom stereocenters. The van der Waals surface area contributed by atoms with E-state index in [9.17, 15) is 9.59 Å². The van der Waals surface area contributed by atoms with E-state index in [1.807, 2.05) is 6.07 Å². The Bertz CT molecular complexity index is 484. The summed E-state index contributed by atoms with van der Waals surface area (Å²) in [6.07, 6.45) is 2.14. The van der Waals surface area contributed by atoms with Crippen molar-refractivity contribution in [1.29, 1.82) is 0 Å². The van der Waals surface area contributed by atoms with Crippen LogP contribution >= 0.6 is 15.9 Å². The average Bonchev–Trinajstić information content (AvgIpc) is 3.11. The van der Waals surface area contributed by atoms with E-state index in [4.69, 9.17) is 0 Å². The largest absolute Gasteiger partial charge is 0.376 e.